The van der Waals surface area contributed by atoms with E-state index in [1.165, 1.54) is 18.2 Å². The van der Waals surface area contributed by atoms with Crippen LogP contribution in [0.4, 0.5) is 10.3 Å². The van der Waals surface area contributed by atoms with E-state index in [0.29, 0.717) is 0 Å². The van der Waals surface area contributed by atoms with E-state index < -0.39 is 17.3 Å². The second-order valence-corrected chi connectivity index (χ2v) is 3.16. The lowest BCUT2D eigenvalue weighted by atomic mass is 10.1. The van der Waals surface area contributed by atoms with Gasteiger partial charge in [-0.15, -0.1) is 0 Å². The highest BCUT2D eigenvalue weighted by atomic mass is 19.1. The molecular formula is C10H8FN3O2. The van der Waals surface area contributed by atoms with Gasteiger partial charge in [0.15, 0.2) is 0 Å². The van der Waals surface area contributed by atoms with Gasteiger partial charge in [-0.1, -0.05) is 12.1 Å². The van der Waals surface area contributed by atoms with Gasteiger partial charge < -0.3 is 10.8 Å². The fourth-order valence-corrected chi connectivity index (χ4v) is 1.38. The Kier molecular flexibility index (Phi) is 2.32. The maximum atomic E-state index is 13.0. The summed E-state index contributed by atoms with van der Waals surface area (Å²) in [5.74, 6) is -1.22. The fraction of sp³-hybridized carbons (Fsp3) is 0. The largest absolute Gasteiger partial charge is 0.493 e. The normalized spacial score (nSPS) is 10.3. The molecule has 0 radical (unpaired) electrons. The van der Waals surface area contributed by atoms with E-state index in [4.69, 9.17) is 5.73 Å². The van der Waals surface area contributed by atoms with Crippen LogP contribution in [0.2, 0.25) is 0 Å². The van der Waals surface area contributed by atoms with Crippen LogP contribution in [0.1, 0.15) is 0 Å². The molecular weight excluding hydrogens is 213 g/mol. The summed E-state index contributed by atoms with van der Waals surface area (Å²) in [5, 5.41) is 9.48. The highest BCUT2D eigenvalue weighted by molar-refractivity contribution is 5.67. The molecule has 0 atom stereocenters. The molecule has 4 N–H and O–H groups in total. The van der Waals surface area contributed by atoms with Crippen molar-refractivity contribution in [3.05, 3.63) is 40.4 Å². The van der Waals surface area contributed by atoms with Crippen molar-refractivity contribution >= 4 is 5.95 Å². The average Bonchev–Trinajstić information content (AvgIpc) is 2.15. The minimum Gasteiger partial charge on any atom is -0.493 e. The minimum atomic E-state index is -0.615. The molecule has 16 heavy (non-hydrogen) atoms. The lowest BCUT2D eigenvalue weighted by Crippen LogP contribution is -2.13. The first-order valence-corrected chi connectivity index (χ1v) is 4.42. The van der Waals surface area contributed by atoms with Crippen molar-refractivity contribution in [1.29, 1.82) is 0 Å². The van der Waals surface area contributed by atoms with Crippen LogP contribution in [0.25, 0.3) is 11.1 Å². The van der Waals surface area contributed by atoms with Crippen molar-refractivity contribution in [3.63, 3.8) is 0 Å². The third-order valence-corrected chi connectivity index (χ3v) is 2.03. The number of hydrogen-bond donors (Lipinski definition) is 3. The zero-order valence-corrected chi connectivity index (χ0v) is 8.07. The second-order valence-electron chi connectivity index (χ2n) is 3.16. The van der Waals surface area contributed by atoms with E-state index in [9.17, 15) is 14.3 Å². The Labute approximate surface area is 89.4 Å². The van der Waals surface area contributed by atoms with Gasteiger partial charge in [0.2, 0.25) is 11.8 Å². The average molecular weight is 221 g/mol. The summed E-state index contributed by atoms with van der Waals surface area (Å²) in [6.45, 7) is 0. The Morgan fingerprint density at radius 2 is 2.19 bits per heavy atom. The molecule has 2 aromatic rings. The molecule has 0 spiro atoms. The van der Waals surface area contributed by atoms with Crippen LogP contribution in [0.3, 0.4) is 0 Å². The van der Waals surface area contributed by atoms with Crippen LogP contribution in [0.5, 0.6) is 5.88 Å². The monoisotopic (exact) mass is 221 g/mol. The SMILES string of the molecule is Nc1nc(O)c(-c2cccc(F)c2)c(=O)[nH]1. The van der Waals surface area contributed by atoms with Crippen molar-refractivity contribution in [2.24, 2.45) is 0 Å². The van der Waals surface area contributed by atoms with Crippen molar-refractivity contribution in [1.82, 2.24) is 9.97 Å². The maximum Gasteiger partial charge on any atom is 0.264 e. The number of aromatic amines is 1. The molecule has 0 aliphatic carbocycles. The Balaban J connectivity index is 2.70. The van der Waals surface area contributed by atoms with E-state index in [0.717, 1.165) is 6.07 Å². The predicted octanol–water partition coefficient (Wildman–Crippen LogP) is 0.864. The topological polar surface area (TPSA) is 92.0 Å². The molecule has 0 saturated carbocycles. The molecule has 0 aliphatic rings. The van der Waals surface area contributed by atoms with Crippen LogP contribution >= 0.6 is 0 Å². The fourth-order valence-electron chi connectivity index (χ4n) is 1.38. The smallest absolute Gasteiger partial charge is 0.264 e. The van der Waals surface area contributed by atoms with E-state index in [-0.39, 0.29) is 17.1 Å². The van der Waals surface area contributed by atoms with E-state index in [1.54, 1.807) is 0 Å². The lowest BCUT2D eigenvalue weighted by Gasteiger charge is -2.03. The summed E-state index contributed by atoms with van der Waals surface area (Å²) in [6, 6.07) is 5.28. The summed E-state index contributed by atoms with van der Waals surface area (Å²) in [5.41, 5.74) is 4.76. The number of halogens is 1. The van der Waals surface area contributed by atoms with Crippen molar-refractivity contribution in [2.45, 2.75) is 0 Å². The Morgan fingerprint density at radius 3 is 2.81 bits per heavy atom. The quantitative estimate of drug-likeness (QED) is 0.666. The molecule has 0 unspecified atom stereocenters. The molecule has 6 heteroatoms. The van der Waals surface area contributed by atoms with Gasteiger partial charge in [0.1, 0.15) is 11.4 Å². The summed E-state index contributed by atoms with van der Waals surface area (Å²) in [7, 11) is 0. The number of aromatic hydroxyl groups is 1. The van der Waals surface area contributed by atoms with Crippen LogP contribution in [0.15, 0.2) is 29.1 Å². The predicted molar refractivity (Wildman–Crippen MR) is 56.3 cm³/mol. The second kappa shape index (κ2) is 3.65. The lowest BCUT2D eigenvalue weighted by molar-refractivity contribution is 0.454. The Hall–Kier alpha value is -2.37. The first-order valence-electron chi connectivity index (χ1n) is 4.42. The van der Waals surface area contributed by atoms with E-state index >= 15 is 0 Å². The Bertz CT molecular complexity index is 595. The molecule has 0 bridgehead atoms. The maximum absolute atomic E-state index is 13.0. The molecule has 1 heterocycles. The first-order chi connectivity index (χ1) is 7.58. The number of anilines is 1. The number of hydrogen-bond acceptors (Lipinski definition) is 4. The van der Waals surface area contributed by atoms with Gasteiger partial charge in [0.05, 0.1) is 0 Å². The van der Waals surface area contributed by atoms with E-state index in [1.807, 2.05) is 0 Å². The number of nitrogen functional groups attached to an aromatic ring is 1. The molecule has 82 valence electrons. The standard InChI is InChI=1S/C10H8FN3O2/c11-6-3-1-2-5(4-6)7-8(15)13-10(12)14-9(7)16/h1-4H,(H4,12,13,14,15,16). The van der Waals surface area contributed by atoms with E-state index in [2.05, 4.69) is 9.97 Å². The molecule has 1 aromatic carbocycles. The Morgan fingerprint density at radius 1 is 1.44 bits per heavy atom. The number of nitrogens with two attached hydrogens (primary N) is 1. The number of rotatable bonds is 1. The van der Waals surface area contributed by atoms with Crippen LogP contribution in [-0.4, -0.2) is 15.1 Å². The van der Waals surface area contributed by atoms with Gasteiger partial charge in [-0.25, -0.2) is 4.39 Å². The first kappa shape index (κ1) is 10.2. The summed E-state index contributed by atoms with van der Waals surface area (Å²) < 4.78 is 13.0. The summed E-state index contributed by atoms with van der Waals surface area (Å²) >= 11 is 0. The molecule has 0 fully saturated rings. The van der Waals surface area contributed by atoms with Crippen LogP contribution in [-0.2, 0) is 0 Å². The summed E-state index contributed by atoms with van der Waals surface area (Å²) in [6.07, 6.45) is 0. The van der Waals surface area contributed by atoms with Gasteiger partial charge in [-0.3, -0.25) is 9.78 Å². The van der Waals surface area contributed by atoms with Gasteiger partial charge in [0, 0.05) is 0 Å². The third-order valence-electron chi connectivity index (χ3n) is 2.03. The van der Waals surface area contributed by atoms with Crippen LogP contribution in [0, 0.1) is 5.82 Å². The highest BCUT2D eigenvalue weighted by Crippen LogP contribution is 2.23. The van der Waals surface area contributed by atoms with Gasteiger partial charge >= 0.3 is 0 Å². The number of benzene rings is 1. The van der Waals surface area contributed by atoms with Crippen molar-refractivity contribution < 1.29 is 9.50 Å². The zero-order chi connectivity index (χ0) is 11.7. The number of nitrogens with one attached hydrogen (secondary N) is 1. The van der Waals surface area contributed by atoms with Crippen LogP contribution < -0.4 is 11.3 Å². The number of nitrogens with zero attached hydrogens (tertiary/aromatic N) is 1. The minimum absolute atomic E-state index is 0.103. The molecule has 0 amide bonds. The third kappa shape index (κ3) is 1.72. The zero-order valence-electron chi connectivity index (χ0n) is 8.07. The van der Waals surface area contributed by atoms with Gasteiger partial charge in [-0.05, 0) is 17.7 Å². The summed E-state index contributed by atoms with van der Waals surface area (Å²) in [4.78, 5) is 17.2. The number of H-pyrrole nitrogens is 1. The van der Waals surface area contributed by atoms with Gasteiger partial charge in [-0.2, -0.15) is 4.98 Å². The molecule has 5 nitrogen and oxygen atoms in total. The van der Waals surface area contributed by atoms with Crippen molar-refractivity contribution in [2.75, 3.05) is 5.73 Å². The molecule has 0 saturated heterocycles. The molecule has 1 aromatic heterocycles. The molecule has 0 aliphatic heterocycles. The highest BCUT2D eigenvalue weighted by Gasteiger charge is 2.12. The van der Waals surface area contributed by atoms with Gasteiger partial charge in [0.25, 0.3) is 5.56 Å². The molecule has 2 rings (SSSR count). The van der Waals surface area contributed by atoms with Crippen molar-refractivity contribution in [3.8, 4) is 17.0 Å². The number of aromatic nitrogens is 2.